The van der Waals surface area contributed by atoms with Crippen LogP contribution in [0.4, 0.5) is 23.1 Å². The number of aryl methyl sites for hydroxylation is 1. The molecule has 2 N–H and O–H groups in total. The molecule has 2 aromatic carbocycles. The number of piperidine rings is 1. The lowest BCUT2D eigenvalue weighted by Gasteiger charge is -2.27. The average Bonchev–Trinajstić information content (AvgIpc) is 2.85. The molecule has 0 saturated carbocycles. The van der Waals surface area contributed by atoms with Gasteiger partial charge in [-0.25, -0.2) is 13.4 Å². The Labute approximate surface area is 200 Å². The first-order valence-corrected chi connectivity index (χ1v) is 12.6. The highest BCUT2D eigenvalue weighted by Crippen LogP contribution is 2.30. The highest BCUT2D eigenvalue weighted by molar-refractivity contribution is 7.92. The van der Waals surface area contributed by atoms with Crippen LogP contribution in [-0.2, 0) is 10.0 Å². The van der Waals surface area contributed by atoms with Gasteiger partial charge in [0.2, 0.25) is 5.95 Å². The van der Waals surface area contributed by atoms with E-state index in [1.807, 2.05) is 13.0 Å². The van der Waals surface area contributed by atoms with Gasteiger partial charge in [-0.05, 0) is 62.6 Å². The molecule has 1 aliphatic rings. The van der Waals surface area contributed by atoms with Crippen LogP contribution in [0.15, 0.2) is 53.4 Å². The molecule has 10 heteroatoms. The van der Waals surface area contributed by atoms with Gasteiger partial charge in [0.05, 0.1) is 14.2 Å². The molecule has 0 unspecified atom stereocenters. The number of hydrogen-bond donors (Lipinski definition) is 2. The summed E-state index contributed by atoms with van der Waals surface area (Å²) in [5.41, 5.74) is 2.09. The fraction of sp³-hybridized carbons (Fsp3) is 0.333. The summed E-state index contributed by atoms with van der Waals surface area (Å²) in [5, 5.41) is 3.29. The molecular weight excluding hydrogens is 454 g/mol. The zero-order valence-corrected chi connectivity index (χ0v) is 20.4. The van der Waals surface area contributed by atoms with E-state index >= 15 is 0 Å². The molecule has 1 fully saturated rings. The molecule has 2 heterocycles. The van der Waals surface area contributed by atoms with Crippen LogP contribution < -0.4 is 24.4 Å². The predicted molar refractivity (Wildman–Crippen MR) is 133 cm³/mol. The first kappa shape index (κ1) is 23.6. The molecule has 0 spiro atoms. The maximum Gasteiger partial charge on any atom is 0.265 e. The van der Waals surface area contributed by atoms with Crippen LogP contribution in [0.2, 0.25) is 0 Å². The predicted octanol–water partition coefficient (Wildman–Crippen LogP) is 4.34. The normalized spacial score (nSPS) is 13.9. The molecule has 1 aliphatic heterocycles. The minimum Gasteiger partial charge on any atom is -0.497 e. The van der Waals surface area contributed by atoms with Crippen LogP contribution in [0, 0.1) is 6.92 Å². The van der Waals surface area contributed by atoms with Crippen molar-refractivity contribution in [2.45, 2.75) is 31.1 Å². The topological polar surface area (TPSA) is 106 Å². The van der Waals surface area contributed by atoms with Crippen LogP contribution in [-0.4, -0.2) is 45.7 Å². The van der Waals surface area contributed by atoms with Gasteiger partial charge in [0.25, 0.3) is 10.0 Å². The summed E-state index contributed by atoms with van der Waals surface area (Å²) in [5.74, 6) is 2.08. The first-order valence-electron chi connectivity index (χ1n) is 11.1. The van der Waals surface area contributed by atoms with Crippen LogP contribution in [0.1, 0.15) is 25.0 Å². The number of sulfonamides is 1. The van der Waals surface area contributed by atoms with Gasteiger partial charge >= 0.3 is 0 Å². The van der Waals surface area contributed by atoms with E-state index in [1.165, 1.54) is 26.7 Å². The number of nitrogens with one attached hydrogen (secondary N) is 2. The Bertz CT molecular complexity index is 1240. The number of hydrogen-bond acceptors (Lipinski definition) is 8. The van der Waals surface area contributed by atoms with Gasteiger partial charge in [0.15, 0.2) is 0 Å². The summed E-state index contributed by atoms with van der Waals surface area (Å²) < 4.78 is 38.9. The summed E-state index contributed by atoms with van der Waals surface area (Å²) in [7, 11) is -0.984. The fourth-order valence-corrected chi connectivity index (χ4v) is 5.07. The maximum atomic E-state index is 13.0. The summed E-state index contributed by atoms with van der Waals surface area (Å²) in [6.07, 6.45) is 3.55. The van der Waals surface area contributed by atoms with E-state index in [9.17, 15) is 8.42 Å². The number of benzene rings is 2. The molecule has 0 amide bonds. The second-order valence-corrected chi connectivity index (χ2v) is 9.72. The maximum absolute atomic E-state index is 13.0. The van der Waals surface area contributed by atoms with Crippen molar-refractivity contribution >= 4 is 33.2 Å². The summed E-state index contributed by atoms with van der Waals surface area (Å²) in [6, 6.07) is 13.5. The zero-order chi connectivity index (χ0) is 24.1. The molecular formula is C24H29N5O4S. The molecule has 9 nitrogen and oxygen atoms in total. The molecule has 180 valence electrons. The molecule has 1 saturated heterocycles. The summed E-state index contributed by atoms with van der Waals surface area (Å²) in [6.45, 7) is 3.89. The van der Waals surface area contributed by atoms with Crippen LogP contribution in [0.5, 0.6) is 11.5 Å². The van der Waals surface area contributed by atoms with Gasteiger partial charge in [-0.15, -0.1) is 0 Å². The standard InChI is InChI=1S/C24H29N5O4S/c1-17-15-23(27-24(25-17)29-13-5-4-6-14-29)26-18-7-9-19(10-8-18)28-34(30,31)22-16-20(32-2)11-12-21(22)33-3/h7-12,15-16,28H,4-6,13-14H2,1-3H3,(H,25,26,27). The van der Waals surface area contributed by atoms with Gasteiger partial charge in [-0.3, -0.25) is 4.72 Å². The molecule has 34 heavy (non-hydrogen) atoms. The molecule has 0 radical (unpaired) electrons. The third-order valence-corrected chi connectivity index (χ3v) is 6.95. The molecule has 3 aromatic rings. The largest absolute Gasteiger partial charge is 0.497 e. The number of anilines is 4. The van der Waals surface area contributed by atoms with Crippen LogP contribution in [0.25, 0.3) is 0 Å². The molecule has 1 aromatic heterocycles. The van der Waals surface area contributed by atoms with E-state index in [-0.39, 0.29) is 10.6 Å². The van der Waals surface area contributed by atoms with Crippen molar-refractivity contribution in [3.8, 4) is 11.5 Å². The third-order valence-electron chi connectivity index (χ3n) is 5.55. The van der Waals surface area contributed by atoms with E-state index < -0.39 is 10.0 Å². The van der Waals surface area contributed by atoms with Crippen molar-refractivity contribution in [1.82, 2.24) is 9.97 Å². The van der Waals surface area contributed by atoms with Gasteiger partial charge in [-0.2, -0.15) is 4.98 Å². The number of rotatable bonds is 8. The lowest BCUT2D eigenvalue weighted by molar-refractivity contribution is 0.392. The van der Waals surface area contributed by atoms with E-state index in [2.05, 4.69) is 24.9 Å². The summed E-state index contributed by atoms with van der Waals surface area (Å²) >= 11 is 0. The Hall–Kier alpha value is -3.53. The average molecular weight is 484 g/mol. The fourth-order valence-electron chi connectivity index (χ4n) is 3.83. The number of ether oxygens (including phenoxy) is 2. The van der Waals surface area contributed by atoms with Crippen molar-refractivity contribution < 1.29 is 17.9 Å². The number of nitrogens with zero attached hydrogens (tertiary/aromatic N) is 3. The third kappa shape index (κ3) is 5.51. The zero-order valence-electron chi connectivity index (χ0n) is 19.5. The lowest BCUT2D eigenvalue weighted by atomic mass is 10.1. The van der Waals surface area contributed by atoms with Crippen molar-refractivity contribution in [3.05, 3.63) is 54.2 Å². The second-order valence-electron chi connectivity index (χ2n) is 8.07. The Morgan fingerprint density at radius 3 is 2.26 bits per heavy atom. The minimum atomic E-state index is -3.89. The highest BCUT2D eigenvalue weighted by atomic mass is 32.2. The van der Waals surface area contributed by atoms with Gasteiger partial charge in [0.1, 0.15) is 22.2 Å². The second kappa shape index (κ2) is 10.2. The van der Waals surface area contributed by atoms with Gasteiger partial charge in [0, 0.05) is 42.3 Å². The van der Waals surface area contributed by atoms with E-state index in [0.29, 0.717) is 17.3 Å². The van der Waals surface area contributed by atoms with Crippen molar-refractivity contribution in [2.75, 3.05) is 42.2 Å². The molecule has 0 bridgehead atoms. The van der Waals surface area contributed by atoms with Crippen molar-refractivity contribution in [3.63, 3.8) is 0 Å². The molecule has 4 rings (SSSR count). The number of aromatic nitrogens is 2. The van der Waals surface area contributed by atoms with Gasteiger partial charge < -0.3 is 19.7 Å². The Morgan fingerprint density at radius 2 is 1.59 bits per heavy atom. The Morgan fingerprint density at radius 1 is 0.882 bits per heavy atom. The van der Waals surface area contributed by atoms with Gasteiger partial charge in [-0.1, -0.05) is 0 Å². The highest BCUT2D eigenvalue weighted by Gasteiger charge is 2.21. The van der Waals surface area contributed by atoms with Crippen molar-refractivity contribution in [1.29, 1.82) is 0 Å². The molecule has 0 atom stereocenters. The molecule has 0 aliphatic carbocycles. The smallest absolute Gasteiger partial charge is 0.265 e. The number of methoxy groups -OCH3 is 2. The van der Waals surface area contributed by atoms with Crippen LogP contribution in [0.3, 0.4) is 0 Å². The van der Waals surface area contributed by atoms with Crippen LogP contribution >= 0.6 is 0 Å². The Kier molecular flexibility index (Phi) is 7.06. The van der Waals surface area contributed by atoms with E-state index in [4.69, 9.17) is 9.47 Å². The van der Waals surface area contributed by atoms with E-state index in [1.54, 1.807) is 36.4 Å². The monoisotopic (exact) mass is 483 g/mol. The quantitative estimate of drug-likeness (QED) is 0.488. The van der Waals surface area contributed by atoms with E-state index in [0.717, 1.165) is 43.3 Å². The van der Waals surface area contributed by atoms with Crippen molar-refractivity contribution in [2.24, 2.45) is 0 Å². The summed E-state index contributed by atoms with van der Waals surface area (Å²) in [4.78, 5) is 11.5. The SMILES string of the molecule is COc1ccc(OC)c(S(=O)(=O)Nc2ccc(Nc3cc(C)nc(N4CCCCC4)n3)cc2)c1. The first-order chi connectivity index (χ1) is 16.4. The minimum absolute atomic E-state index is 0.00162. The lowest BCUT2D eigenvalue weighted by Crippen LogP contribution is -2.31. The Balaban J connectivity index is 1.49.